The molecule has 1 aromatic rings. The number of benzene rings is 1. The quantitative estimate of drug-likeness (QED) is 0.889. The molecule has 1 aliphatic heterocycles. The van der Waals surface area contributed by atoms with Crippen LogP contribution in [-0.4, -0.2) is 43.9 Å². The Morgan fingerprint density at radius 3 is 2.65 bits per heavy atom. The van der Waals surface area contributed by atoms with Crippen molar-refractivity contribution in [2.45, 2.75) is 37.6 Å². The maximum Gasteiger partial charge on any atom is 0.0894 e. The van der Waals surface area contributed by atoms with Crippen LogP contribution in [0.25, 0.3) is 0 Å². The average molecular weight is 276 g/mol. The van der Waals surface area contributed by atoms with Gasteiger partial charge in [0.25, 0.3) is 0 Å². The number of nitrogens with two attached hydrogens (primary N) is 1. The smallest absolute Gasteiger partial charge is 0.0894 e. The molecule has 2 fully saturated rings. The Kier molecular flexibility index (Phi) is 4.36. The number of nitrogens with zero attached hydrogens (tertiary/aromatic N) is 1. The van der Waals surface area contributed by atoms with Crippen LogP contribution in [0, 0.1) is 0 Å². The van der Waals surface area contributed by atoms with Crippen molar-refractivity contribution < 1.29 is 9.47 Å². The highest BCUT2D eigenvalue weighted by Crippen LogP contribution is 2.38. The second-order valence-corrected chi connectivity index (χ2v) is 5.73. The lowest BCUT2D eigenvalue weighted by Gasteiger charge is -2.41. The van der Waals surface area contributed by atoms with E-state index in [1.54, 1.807) is 7.11 Å². The summed E-state index contributed by atoms with van der Waals surface area (Å²) >= 11 is 0. The van der Waals surface area contributed by atoms with Crippen molar-refractivity contribution in [2.75, 3.05) is 26.8 Å². The van der Waals surface area contributed by atoms with E-state index in [2.05, 4.69) is 29.2 Å². The SMILES string of the molecule is COCc1ccc(C2C(CN)OCCN2C2CC2)cc1. The summed E-state index contributed by atoms with van der Waals surface area (Å²) < 4.78 is 11.1. The highest BCUT2D eigenvalue weighted by atomic mass is 16.5. The minimum Gasteiger partial charge on any atom is -0.380 e. The molecular weight excluding hydrogens is 252 g/mol. The summed E-state index contributed by atoms with van der Waals surface area (Å²) in [4.78, 5) is 2.59. The lowest BCUT2D eigenvalue weighted by Crippen LogP contribution is -2.49. The molecule has 1 aliphatic carbocycles. The molecule has 0 amide bonds. The number of hydrogen-bond donors (Lipinski definition) is 1. The van der Waals surface area contributed by atoms with Crippen LogP contribution in [0.1, 0.15) is 30.0 Å². The zero-order valence-corrected chi connectivity index (χ0v) is 12.1. The van der Waals surface area contributed by atoms with E-state index in [1.807, 2.05) is 0 Å². The van der Waals surface area contributed by atoms with Gasteiger partial charge >= 0.3 is 0 Å². The Hall–Kier alpha value is -0.940. The van der Waals surface area contributed by atoms with E-state index >= 15 is 0 Å². The Morgan fingerprint density at radius 1 is 1.30 bits per heavy atom. The number of rotatable bonds is 5. The van der Waals surface area contributed by atoms with Crippen LogP contribution in [0.2, 0.25) is 0 Å². The molecule has 0 aromatic heterocycles. The molecule has 0 spiro atoms. The summed E-state index contributed by atoms with van der Waals surface area (Å²) in [5, 5.41) is 0. The fourth-order valence-electron chi connectivity index (χ4n) is 3.15. The van der Waals surface area contributed by atoms with Gasteiger partial charge in [0.2, 0.25) is 0 Å². The van der Waals surface area contributed by atoms with Crippen molar-refractivity contribution in [2.24, 2.45) is 5.73 Å². The van der Waals surface area contributed by atoms with Gasteiger partial charge in [-0.05, 0) is 24.0 Å². The second kappa shape index (κ2) is 6.22. The first-order chi connectivity index (χ1) is 9.83. The maximum absolute atomic E-state index is 5.92. The monoisotopic (exact) mass is 276 g/mol. The van der Waals surface area contributed by atoms with Crippen LogP contribution < -0.4 is 5.73 Å². The van der Waals surface area contributed by atoms with E-state index in [0.29, 0.717) is 19.2 Å². The summed E-state index contributed by atoms with van der Waals surface area (Å²) in [5.74, 6) is 0. The highest BCUT2D eigenvalue weighted by Gasteiger charge is 2.40. The van der Waals surface area contributed by atoms with E-state index in [4.69, 9.17) is 15.2 Å². The van der Waals surface area contributed by atoms with E-state index in [1.165, 1.54) is 24.0 Å². The van der Waals surface area contributed by atoms with Gasteiger partial charge in [0.1, 0.15) is 0 Å². The molecule has 4 heteroatoms. The summed E-state index contributed by atoms with van der Waals surface area (Å²) in [6, 6.07) is 9.73. The van der Waals surface area contributed by atoms with Gasteiger partial charge in [-0.25, -0.2) is 0 Å². The molecule has 4 nitrogen and oxygen atoms in total. The molecule has 20 heavy (non-hydrogen) atoms. The third kappa shape index (κ3) is 2.88. The molecule has 1 heterocycles. The van der Waals surface area contributed by atoms with Crippen LogP contribution in [0.15, 0.2) is 24.3 Å². The molecule has 2 atom stereocenters. The van der Waals surface area contributed by atoms with E-state index in [0.717, 1.165) is 19.2 Å². The Bertz CT molecular complexity index is 431. The molecule has 1 saturated heterocycles. The van der Waals surface area contributed by atoms with E-state index < -0.39 is 0 Å². The molecule has 1 aromatic carbocycles. The molecular formula is C16H24N2O2. The van der Waals surface area contributed by atoms with Crippen LogP contribution in [0.3, 0.4) is 0 Å². The summed E-state index contributed by atoms with van der Waals surface area (Å²) in [6.45, 7) is 3.06. The van der Waals surface area contributed by atoms with Gasteiger partial charge in [0.05, 0.1) is 25.4 Å². The lowest BCUT2D eigenvalue weighted by molar-refractivity contribution is -0.0712. The number of morpholine rings is 1. The molecule has 1 saturated carbocycles. The highest BCUT2D eigenvalue weighted by molar-refractivity contribution is 5.26. The van der Waals surface area contributed by atoms with Gasteiger partial charge in [0, 0.05) is 26.2 Å². The number of hydrogen-bond acceptors (Lipinski definition) is 4. The molecule has 3 rings (SSSR count). The Morgan fingerprint density at radius 2 is 2.05 bits per heavy atom. The van der Waals surface area contributed by atoms with Crippen molar-refractivity contribution >= 4 is 0 Å². The first-order valence-corrected chi connectivity index (χ1v) is 7.48. The fraction of sp³-hybridized carbons (Fsp3) is 0.625. The van der Waals surface area contributed by atoms with E-state index in [9.17, 15) is 0 Å². The largest absolute Gasteiger partial charge is 0.380 e. The zero-order valence-electron chi connectivity index (χ0n) is 12.1. The van der Waals surface area contributed by atoms with E-state index in [-0.39, 0.29) is 6.10 Å². The van der Waals surface area contributed by atoms with Crippen molar-refractivity contribution in [3.8, 4) is 0 Å². The third-order valence-corrected chi connectivity index (χ3v) is 4.27. The van der Waals surface area contributed by atoms with Crippen molar-refractivity contribution in [3.05, 3.63) is 35.4 Å². The Balaban J connectivity index is 1.82. The molecule has 2 unspecified atom stereocenters. The molecule has 0 bridgehead atoms. The average Bonchev–Trinajstić information content (AvgIpc) is 3.32. The first kappa shape index (κ1) is 14.0. The Labute approximate surface area is 120 Å². The van der Waals surface area contributed by atoms with Crippen molar-refractivity contribution in [3.63, 3.8) is 0 Å². The van der Waals surface area contributed by atoms with Gasteiger partial charge < -0.3 is 15.2 Å². The third-order valence-electron chi connectivity index (χ3n) is 4.27. The normalized spacial score (nSPS) is 27.7. The maximum atomic E-state index is 5.92. The molecule has 2 aliphatic rings. The number of methoxy groups -OCH3 is 1. The van der Waals surface area contributed by atoms with Crippen molar-refractivity contribution in [1.29, 1.82) is 0 Å². The standard InChI is InChI=1S/C16H24N2O2/c1-19-11-12-2-4-13(5-3-12)16-15(10-17)20-9-8-18(16)14-6-7-14/h2-5,14-16H,6-11,17H2,1H3. The summed E-state index contributed by atoms with van der Waals surface area (Å²) in [7, 11) is 1.72. The van der Waals surface area contributed by atoms with Crippen LogP contribution >= 0.6 is 0 Å². The fourth-order valence-corrected chi connectivity index (χ4v) is 3.15. The van der Waals surface area contributed by atoms with Crippen molar-refractivity contribution in [1.82, 2.24) is 4.90 Å². The molecule has 0 radical (unpaired) electrons. The topological polar surface area (TPSA) is 47.7 Å². The van der Waals surface area contributed by atoms with Gasteiger partial charge in [-0.1, -0.05) is 24.3 Å². The van der Waals surface area contributed by atoms with Gasteiger partial charge in [-0.2, -0.15) is 0 Å². The predicted octanol–water partition coefficient (Wildman–Crippen LogP) is 1.70. The summed E-state index contributed by atoms with van der Waals surface area (Å²) in [5.41, 5.74) is 8.44. The van der Waals surface area contributed by atoms with Crippen LogP contribution in [0.5, 0.6) is 0 Å². The predicted molar refractivity (Wildman–Crippen MR) is 78.4 cm³/mol. The van der Waals surface area contributed by atoms with Gasteiger partial charge in [0.15, 0.2) is 0 Å². The minimum atomic E-state index is 0.109. The van der Waals surface area contributed by atoms with Crippen LogP contribution in [-0.2, 0) is 16.1 Å². The minimum absolute atomic E-state index is 0.109. The van der Waals surface area contributed by atoms with Crippen LogP contribution in [0.4, 0.5) is 0 Å². The molecule has 110 valence electrons. The summed E-state index contributed by atoms with van der Waals surface area (Å²) in [6.07, 6.45) is 2.74. The molecule has 2 N–H and O–H groups in total. The first-order valence-electron chi connectivity index (χ1n) is 7.48. The van der Waals surface area contributed by atoms with Gasteiger partial charge in [-0.15, -0.1) is 0 Å². The zero-order chi connectivity index (χ0) is 13.9. The number of ether oxygens (including phenoxy) is 2. The second-order valence-electron chi connectivity index (χ2n) is 5.73. The van der Waals surface area contributed by atoms with Gasteiger partial charge in [-0.3, -0.25) is 4.90 Å². The lowest BCUT2D eigenvalue weighted by atomic mass is 9.96.